The Bertz CT molecular complexity index is 3920. The zero-order valence-electron chi connectivity index (χ0n) is 37.3. The zero-order valence-corrected chi connectivity index (χ0v) is 37.3. The van der Waals surface area contributed by atoms with Crippen molar-refractivity contribution < 1.29 is 0 Å². The Balaban J connectivity index is 1.00. The van der Waals surface area contributed by atoms with Gasteiger partial charge in [0.1, 0.15) is 0 Å². The maximum atomic E-state index is 5.30. The molecule has 7 aromatic carbocycles. The van der Waals surface area contributed by atoms with Gasteiger partial charge in [-0.1, -0.05) is 140 Å². The molecule has 10 nitrogen and oxygen atoms in total. The van der Waals surface area contributed by atoms with Crippen molar-refractivity contribution in [2.75, 3.05) is 0 Å². The lowest BCUT2D eigenvalue weighted by Crippen LogP contribution is -2.01. The summed E-state index contributed by atoms with van der Waals surface area (Å²) in [6, 6.07) is 65.3. The number of benzene rings is 7. The van der Waals surface area contributed by atoms with E-state index in [-0.39, 0.29) is 0 Å². The molecule has 0 N–H and O–H groups in total. The summed E-state index contributed by atoms with van der Waals surface area (Å²) >= 11 is 0. The minimum absolute atomic E-state index is 0.517. The van der Waals surface area contributed by atoms with Crippen molar-refractivity contribution in [3.8, 4) is 90.6 Å². The van der Waals surface area contributed by atoms with Crippen molar-refractivity contribution in [2.24, 2.45) is 0 Å². The Hall–Kier alpha value is -9.80. The van der Waals surface area contributed by atoms with Gasteiger partial charge in [-0.3, -0.25) is 19.9 Å². The lowest BCUT2D eigenvalue weighted by Gasteiger charge is -2.16. The Morgan fingerprint density at radius 3 is 0.886 bits per heavy atom. The molecule has 0 fully saturated rings. The number of aromatic nitrogens is 10. The zero-order chi connectivity index (χ0) is 46.4. The molecule has 13 aromatic rings. The first-order chi connectivity index (χ1) is 34.7. The van der Waals surface area contributed by atoms with Gasteiger partial charge in [-0.25, -0.2) is 29.9 Å². The average Bonchev–Trinajstić information content (AvgIpc) is 3.45. The van der Waals surface area contributed by atoms with E-state index in [1.54, 1.807) is 0 Å². The van der Waals surface area contributed by atoms with E-state index in [0.29, 0.717) is 34.9 Å². The Kier molecular flexibility index (Phi) is 9.90. The summed E-state index contributed by atoms with van der Waals surface area (Å²) in [5.41, 5.74) is 12.4. The van der Waals surface area contributed by atoms with Crippen molar-refractivity contribution in [3.05, 3.63) is 219 Å². The van der Waals surface area contributed by atoms with Crippen molar-refractivity contribution >= 4 is 43.6 Å². The lowest BCUT2D eigenvalue weighted by atomic mass is 9.91. The van der Waals surface area contributed by atoms with Crippen LogP contribution in [0.5, 0.6) is 0 Å². The highest BCUT2D eigenvalue weighted by molar-refractivity contribution is 6.12. The molecule has 6 heterocycles. The molecule has 0 saturated carbocycles. The summed E-state index contributed by atoms with van der Waals surface area (Å²) in [7, 11) is 0. The van der Waals surface area contributed by atoms with Crippen LogP contribution in [0.4, 0.5) is 0 Å². The fourth-order valence-corrected chi connectivity index (χ4v) is 9.16. The van der Waals surface area contributed by atoms with Gasteiger partial charge >= 0.3 is 0 Å². The number of nitrogens with zero attached hydrogens (tertiary/aromatic N) is 10. The van der Waals surface area contributed by atoms with Gasteiger partial charge in [0.05, 0.1) is 22.1 Å². The predicted octanol–water partition coefficient (Wildman–Crippen LogP) is 13.6. The standard InChI is InChI=1S/C60H36N10/c1-4-14-37(15-5-1)55-65-56(38-16-6-2-7-17-38)67-58(66-55)40-24-26-41(27-25-40)59-68-57(39-18-8-3-9-19-39)69-60(70-59)46-33-44(49-35-42-20-10-28-61-51(42)53-47(49)22-12-30-63-53)32-45(34-46)50-36-43-21-11-29-62-52(43)54-48(50)23-13-31-64-54/h1-36H. The van der Waals surface area contributed by atoms with E-state index in [1.807, 2.05) is 164 Å². The van der Waals surface area contributed by atoms with Crippen molar-refractivity contribution in [1.82, 2.24) is 49.8 Å². The van der Waals surface area contributed by atoms with E-state index in [1.165, 1.54) is 0 Å². The Morgan fingerprint density at radius 2 is 0.514 bits per heavy atom. The second-order valence-corrected chi connectivity index (χ2v) is 16.9. The van der Waals surface area contributed by atoms with Crippen molar-refractivity contribution in [3.63, 3.8) is 0 Å². The molecule has 0 aliphatic carbocycles. The van der Waals surface area contributed by atoms with Crippen LogP contribution >= 0.6 is 0 Å². The molecule has 0 atom stereocenters. The third-order valence-electron chi connectivity index (χ3n) is 12.5. The van der Waals surface area contributed by atoms with Crippen LogP contribution in [0.2, 0.25) is 0 Å². The van der Waals surface area contributed by atoms with Crippen LogP contribution in [-0.2, 0) is 0 Å². The minimum Gasteiger partial charge on any atom is -0.254 e. The molecular weight excluding hydrogens is 861 g/mol. The van der Waals surface area contributed by atoms with Crippen LogP contribution in [-0.4, -0.2) is 49.8 Å². The van der Waals surface area contributed by atoms with Crippen molar-refractivity contribution in [2.45, 2.75) is 0 Å². The molecule has 0 aliphatic rings. The second-order valence-electron chi connectivity index (χ2n) is 16.9. The van der Waals surface area contributed by atoms with Crippen LogP contribution in [0.25, 0.3) is 134 Å². The summed E-state index contributed by atoms with van der Waals surface area (Å²) in [5, 5.41) is 3.95. The highest BCUT2D eigenvalue weighted by Crippen LogP contribution is 2.41. The maximum absolute atomic E-state index is 5.30. The molecular formula is C60H36N10. The molecule has 10 heteroatoms. The van der Waals surface area contributed by atoms with E-state index in [2.05, 4.69) is 54.6 Å². The van der Waals surface area contributed by atoms with E-state index >= 15 is 0 Å². The molecule has 0 bridgehead atoms. The SMILES string of the molecule is c1ccc(-c2nc(-c3ccccc3)nc(-c3ccc(-c4nc(-c5ccccc5)nc(-c5cc(-c6cc7cccnc7c7ncccc67)cc(-c6cc7cccnc7c7ncccc67)c5)n4)cc3)n2)cc1. The Labute approximate surface area is 401 Å². The average molecular weight is 897 g/mol. The number of pyridine rings is 4. The number of rotatable bonds is 8. The normalized spacial score (nSPS) is 11.4. The maximum Gasteiger partial charge on any atom is 0.164 e. The molecule has 326 valence electrons. The molecule has 0 aliphatic heterocycles. The fourth-order valence-electron chi connectivity index (χ4n) is 9.16. The molecule has 0 saturated heterocycles. The largest absolute Gasteiger partial charge is 0.254 e. The first-order valence-corrected chi connectivity index (χ1v) is 22.9. The first kappa shape index (κ1) is 40.5. The molecule has 6 aromatic heterocycles. The van der Waals surface area contributed by atoms with Gasteiger partial charge < -0.3 is 0 Å². The number of hydrogen-bond acceptors (Lipinski definition) is 10. The lowest BCUT2D eigenvalue weighted by molar-refractivity contribution is 1.07. The predicted molar refractivity (Wildman–Crippen MR) is 278 cm³/mol. The van der Waals surface area contributed by atoms with Gasteiger partial charge in [-0.15, -0.1) is 0 Å². The topological polar surface area (TPSA) is 129 Å². The summed E-state index contributed by atoms with van der Waals surface area (Å²) in [5.74, 6) is 3.34. The van der Waals surface area contributed by atoms with Gasteiger partial charge in [0.15, 0.2) is 34.9 Å². The summed E-state index contributed by atoms with van der Waals surface area (Å²) in [6.07, 6.45) is 7.27. The monoisotopic (exact) mass is 896 g/mol. The van der Waals surface area contributed by atoms with Crippen LogP contribution in [0.1, 0.15) is 0 Å². The third kappa shape index (κ3) is 7.42. The number of fused-ring (bicyclic) bond motifs is 6. The van der Waals surface area contributed by atoms with E-state index < -0.39 is 0 Å². The van der Waals surface area contributed by atoms with Gasteiger partial charge in [-0.2, -0.15) is 0 Å². The first-order valence-electron chi connectivity index (χ1n) is 22.9. The molecule has 0 spiro atoms. The Morgan fingerprint density at radius 1 is 0.214 bits per heavy atom. The number of hydrogen-bond donors (Lipinski definition) is 0. The van der Waals surface area contributed by atoms with Crippen LogP contribution in [0.15, 0.2) is 219 Å². The van der Waals surface area contributed by atoms with E-state index in [0.717, 1.165) is 99.2 Å². The smallest absolute Gasteiger partial charge is 0.164 e. The summed E-state index contributed by atoms with van der Waals surface area (Å²) in [4.78, 5) is 49.7. The van der Waals surface area contributed by atoms with Gasteiger partial charge in [0.2, 0.25) is 0 Å². The van der Waals surface area contributed by atoms with E-state index in [4.69, 9.17) is 49.8 Å². The van der Waals surface area contributed by atoms with Crippen molar-refractivity contribution in [1.29, 1.82) is 0 Å². The molecule has 0 radical (unpaired) electrons. The molecule has 70 heavy (non-hydrogen) atoms. The minimum atomic E-state index is 0.517. The third-order valence-corrected chi connectivity index (χ3v) is 12.5. The molecule has 0 amide bonds. The van der Waals surface area contributed by atoms with Crippen LogP contribution in [0.3, 0.4) is 0 Å². The van der Waals surface area contributed by atoms with Gasteiger partial charge in [-0.05, 0) is 76.9 Å². The molecule has 13 rings (SSSR count). The van der Waals surface area contributed by atoms with Gasteiger partial charge in [0.25, 0.3) is 0 Å². The van der Waals surface area contributed by atoms with E-state index in [9.17, 15) is 0 Å². The van der Waals surface area contributed by atoms with Gasteiger partial charge in [0, 0.05) is 79.7 Å². The fraction of sp³-hybridized carbons (Fsp3) is 0. The van der Waals surface area contributed by atoms with Crippen LogP contribution in [0, 0.1) is 0 Å². The molecule has 0 unspecified atom stereocenters. The van der Waals surface area contributed by atoms with Crippen LogP contribution < -0.4 is 0 Å². The second kappa shape index (κ2) is 17.1. The highest BCUT2D eigenvalue weighted by Gasteiger charge is 2.20. The summed E-state index contributed by atoms with van der Waals surface area (Å²) in [6.45, 7) is 0. The quantitative estimate of drug-likeness (QED) is 0.136. The summed E-state index contributed by atoms with van der Waals surface area (Å²) < 4.78 is 0. The highest BCUT2D eigenvalue weighted by atomic mass is 15.0.